The third kappa shape index (κ3) is 11.3. The Labute approximate surface area is 647 Å². The minimum Gasteiger partial charge on any atom is -0.458 e. The molecule has 0 amide bonds. The van der Waals surface area contributed by atoms with Gasteiger partial charge in [0.2, 0.25) is 0 Å². The summed E-state index contributed by atoms with van der Waals surface area (Å²) in [6.07, 6.45) is 5.63. The lowest BCUT2D eigenvalue weighted by Gasteiger charge is -2.34. The molecule has 0 radical (unpaired) electrons. The Morgan fingerprint density at radius 2 is 0.962 bits per heavy atom. The first-order chi connectivity index (χ1) is 60.6. The number of hydrogen-bond donors (Lipinski definition) is 0. The van der Waals surface area contributed by atoms with Gasteiger partial charge in [0.05, 0.1) is 59.5 Å². The van der Waals surface area contributed by atoms with Gasteiger partial charge in [0, 0.05) is 31.3 Å². The topological polar surface area (TPSA) is 35.9 Å². The van der Waals surface area contributed by atoms with Crippen molar-refractivity contribution < 1.29 is 43.6 Å². The number of rotatable bonds is 11. The summed E-state index contributed by atoms with van der Waals surface area (Å²) in [5, 5.41) is -2.10. The van der Waals surface area contributed by atoms with E-state index in [2.05, 4.69) is 104 Å². The maximum atomic E-state index is 11.3. The molecule has 1 aliphatic rings. The zero-order chi connectivity index (χ0) is 92.9. The van der Waals surface area contributed by atoms with Crippen molar-refractivity contribution in [1.82, 2.24) is 14.1 Å². The van der Waals surface area contributed by atoms with Crippen molar-refractivity contribution in [2.75, 3.05) is 0 Å². The normalized spacial score (nSPS) is 16.0. The number of pyridine rings is 1. The second kappa shape index (κ2) is 25.4. The Morgan fingerprint density at radius 3 is 1.59 bits per heavy atom. The van der Waals surface area contributed by atoms with Gasteiger partial charge in [-0.3, -0.25) is 13.7 Å². The van der Waals surface area contributed by atoms with Gasteiger partial charge >= 0.3 is 0 Å². The number of fused-ring (bicyclic) bond motifs is 10. The van der Waals surface area contributed by atoms with Crippen molar-refractivity contribution in [3.05, 3.63) is 343 Å². The number of hydrogen-bond acceptors (Lipinski definition) is 2. The predicted molar refractivity (Wildman–Crippen MR) is 438 cm³/mol. The molecule has 104 heavy (non-hydrogen) atoms. The van der Waals surface area contributed by atoms with E-state index in [1.54, 1.807) is 59.3 Å². The first kappa shape index (κ1) is 43.3. The van der Waals surface area contributed by atoms with Gasteiger partial charge in [0.25, 0.3) is 6.33 Å². The average molecular weight is 1390 g/mol. The fourth-order valence-corrected chi connectivity index (χ4v) is 18.2. The average Bonchev–Trinajstić information content (AvgIpc) is 1.56. The third-order valence-corrected chi connectivity index (χ3v) is 23.9. The Morgan fingerprint density at radius 1 is 0.413 bits per heavy atom. The van der Waals surface area contributed by atoms with Crippen molar-refractivity contribution in [2.24, 2.45) is 0 Å². The van der Waals surface area contributed by atoms with Crippen molar-refractivity contribution in [1.29, 1.82) is 0 Å². The van der Waals surface area contributed by atoms with Crippen LogP contribution < -0.4 is 30.1 Å². The van der Waals surface area contributed by atoms with E-state index >= 15 is 0 Å². The molecular formula is C98H84N4OSi. The zero-order valence-corrected chi connectivity index (χ0v) is 59.7. The lowest BCUT2D eigenvalue weighted by molar-refractivity contribution is -0.570. The lowest BCUT2D eigenvalue weighted by Crippen LogP contribution is -2.74. The molecule has 13 aromatic carbocycles. The molecule has 0 atom stereocenters. The predicted octanol–water partition coefficient (Wildman–Crippen LogP) is 22.2. The molecule has 0 aliphatic carbocycles. The smallest absolute Gasteiger partial charge is 0.269 e. The molecule has 1 aliphatic heterocycles. The first-order valence-electron chi connectivity index (χ1n) is 46.9. The number of ether oxygens (including phenoxy) is 1. The van der Waals surface area contributed by atoms with E-state index in [0.717, 1.165) is 38.5 Å². The molecule has 6 heteroatoms. The van der Waals surface area contributed by atoms with Crippen molar-refractivity contribution in [2.45, 2.75) is 92.3 Å². The van der Waals surface area contributed by atoms with E-state index in [-0.39, 0.29) is 38.7 Å². The van der Waals surface area contributed by atoms with Gasteiger partial charge in [0.1, 0.15) is 17.3 Å². The fraction of sp³-hybridized carbons (Fsp3) is 0.143. The minimum atomic E-state index is -6.41. The number of aryl methyl sites for hydroxylation is 2. The van der Waals surface area contributed by atoms with Crippen LogP contribution in [0.25, 0.3) is 117 Å². The number of benzene rings is 13. The highest BCUT2D eigenvalue weighted by molar-refractivity contribution is 7.20. The number of aromatic nitrogens is 4. The van der Waals surface area contributed by atoms with Gasteiger partial charge in [-0.25, -0.2) is 4.98 Å². The highest BCUT2D eigenvalue weighted by Gasteiger charge is 2.42. The Bertz CT molecular complexity index is 7190. The van der Waals surface area contributed by atoms with E-state index < -0.39 is 174 Å². The van der Waals surface area contributed by atoms with E-state index in [9.17, 15) is 30.2 Å². The number of para-hydroxylation sites is 1. The molecule has 0 unspecified atom stereocenters. The molecule has 0 saturated carbocycles. The summed E-state index contributed by atoms with van der Waals surface area (Å²) in [6, 6.07) is 36.5. The summed E-state index contributed by atoms with van der Waals surface area (Å²) < 4.78 is 253. The standard InChI is InChI=1S/C98H84N4OSi/c1-64-30-27-31-65(2)93(64)69-56-86(68-52-71(97(6,7)8)59-72(53-68)98(9,10)11)94-87(57-69)82-44-23-21-42-80(82)81-43-22-24-45-83(81)88-55-67(66-32-28-41-79(54-66)104(76-35-15-12-16-36-76,77-37-17-13-18-38-77)78-39-19-14-20-40-78)58-91-95(88)101(94)63-100(91)73-33-29-34-74(61-73)103-75-48-49-85-84-46-25-26-47-89(84)102(90(85)62-75)92-60-70(50-51-99-92)96(3,4)5/h12-62H,1-11H3/i1D3,2D3,12D,13D,14D,15D,16D,17D,18D,19D,20D,28D,32D,35D,36D,37D,38D,39D,40D,41D,54D. The molecule has 5 nitrogen and oxygen atoms in total. The van der Waals surface area contributed by atoms with Crippen molar-refractivity contribution in [3.63, 3.8) is 0 Å². The number of nitrogens with zero attached hydrogens (tertiary/aromatic N) is 4. The Kier molecular flexibility index (Phi) is 10.6. The van der Waals surface area contributed by atoms with Gasteiger partial charge in [-0.15, -0.1) is 0 Å². The highest BCUT2D eigenvalue weighted by atomic mass is 28.3. The van der Waals surface area contributed by atoms with Crippen LogP contribution in [0.2, 0.25) is 0 Å². The van der Waals surface area contributed by atoms with Crippen LogP contribution in [-0.2, 0) is 16.2 Å². The Hall–Kier alpha value is -11.7. The third-order valence-electron chi connectivity index (χ3n) is 19.9. The summed E-state index contributed by atoms with van der Waals surface area (Å²) in [5.41, 5.74) is 7.49. The van der Waals surface area contributed by atoms with Crippen LogP contribution >= 0.6 is 0 Å². The van der Waals surface area contributed by atoms with E-state index in [1.807, 2.05) is 95.6 Å². The fourth-order valence-electron chi connectivity index (χ4n) is 14.6. The largest absolute Gasteiger partial charge is 0.458 e. The molecule has 4 heterocycles. The van der Waals surface area contributed by atoms with Gasteiger partial charge in [-0.1, -0.05) is 292 Å². The Balaban J connectivity index is 1.06. The summed E-state index contributed by atoms with van der Waals surface area (Å²) in [4.78, 5) is 4.93. The summed E-state index contributed by atoms with van der Waals surface area (Å²) >= 11 is 0. The van der Waals surface area contributed by atoms with Crippen molar-refractivity contribution in [3.8, 4) is 95.5 Å². The molecule has 0 saturated heterocycles. The summed E-state index contributed by atoms with van der Waals surface area (Å²) in [6.45, 7) is 13.2. The van der Waals surface area contributed by atoms with Gasteiger partial charge in [-0.2, -0.15) is 0 Å². The highest BCUT2D eigenvalue weighted by Crippen LogP contribution is 2.49. The zero-order valence-electron chi connectivity index (χ0n) is 83.7. The van der Waals surface area contributed by atoms with Gasteiger partial charge in [0.15, 0.2) is 8.07 Å². The van der Waals surface area contributed by atoms with E-state index in [0.29, 0.717) is 78.7 Å². The summed E-state index contributed by atoms with van der Waals surface area (Å²) in [5.74, 6) is 1.39. The molecule has 0 bridgehead atoms. The first-order valence-corrected chi connectivity index (χ1v) is 36.4. The number of imidazole rings is 1. The summed E-state index contributed by atoms with van der Waals surface area (Å²) in [7, 11) is -6.41. The van der Waals surface area contributed by atoms with Crippen LogP contribution in [-0.4, -0.2) is 22.2 Å². The van der Waals surface area contributed by atoms with Crippen molar-refractivity contribution >= 4 is 61.7 Å². The van der Waals surface area contributed by atoms with Crippen LogP contribution in [0.3, 0.4) is 0 Å². The molecule has 17 rings (SSSR count). The second-order valence-corrected chi connectivity index (χ2v) is 33.0. The molecule has 0 spiro atoms. The molecule has 0 N–H and O–H groups in total. The molecule has 16 aromatic rings. The van der Waals surface area contributed by atoms with Gasteiger partial charge in [-0.05, 0) is 212 Å². The van der Waals surface area contributed by atoms with Crippen LogP contribution in [0.1, 0.15) is 124 Å². The second-order valence-electron chi connectivity index (χ2n) is 29.5. The SMILES string of the molecule is [2H]c1c([2H])c([2H])c([Si](c2c([2H])c([2H])c([2H])c([2H])c2[2H])(c2c([2H])c([2H])c([2H])c([2H])c2[2H])c2c([2H])c([2H])c([2H])c(-c3cc4c5c(c3)n(-c3cccc(Oc6ccc7c8ccccc8n(-c8cc(C(C)(C)C)ccn8)c7c6)c3)[c-][n+]5-c3c(-c5cc(C(C)(C)C)cc(C(C)(C)C)c5)cc(-c5c(C([2H])([2H])[2H])cccc5C([2H])([2H])[2H])cc3-c3ccccc3-c3ccccc3-4)c2[2H])c([2H])c1[2H]. The van der Waals surface area contributed by atoms with Crippen LogP contribution in [0, 0.1) is 20.0 Å². The van der Waals surface area contributed by atoms with E-state index in [4.69, 9.17) is 13.8 Å². The molecule has 0 fully saturated rings. The van der Waals surface area contributed by atoms with Crippen LogP contribution in [0.15, 0.2) is 309 Å². The van der Waals surface area contributed by atoms with E-state index in [1.165, 1.54) is 18.2 Å². The molecule has 3 aromatic heterocycles. The molecule has 506 valence electrons. The monoisotopic (exact) mass is 1390 g/mol. The minimum absolute atomic E-state index is 0.0473. The van der Waals surface area contributed by atoms with Crippen LogP contribution in [0.4, 0.5) is 0 Å². The lowest BCUT2D eigenvalue weighted by atomic mass is 9.78. The van der Waals surface area contributed by atoms with Crippen LogP contribution in [0.5, 0.6) is 11.5 Å². The quantitative estimate of drug-likeness (QED) is 0.0560. The maximum absolute atomic E-state index is 11.3. The maximum Gasteiger partial charge on any atom is 0.269 e. The molecular weight excluding hydrogens is 1280 g/mol. The van der Waals surface area contributed by atoms with Gasteiger partial charge < -0.3 is 4.74 Å².